The second-order valence-electron chi connectivity index (χ2n) is 4.91. The third-order valence-electron chi connectivity index (χ3n) is 3.36. The first-order valence-corrected chi connectivity index (χ1v) is 7.01. The number of benzene rings is 2. The lowest BCUT2D eigenvalue weighted by Crippen LogP contribution is -1.86. The Morgan fingerprint density at radius 1 is 1.26 bits per heavy atom. The van der Waals surface area contributed by atoms with Gasteiger partial charge in [0.15, 0.2) is 11.4 Å². The summed E-state index contributed by atoms with van der Waals surface area (Å²) in [7, 11) is 0. The molecule has 23 heavy (non-hydrogen) atoms. The SMILES string of the molecule is Cc1cc(Cl)cc2c(N=Nc3ccccc3[N+](=O)[O-])c(O)[nH]c12. The van der Waals surface area contributed by atoms with Crippen molar-refractivity contribution < 1.29 is 10.0 Å². The van der Waals surface area contributed by atoms with E-state index >= 15 is 0 Å². The number of hydrogen-bond acceptors (Lipinski definition) is 5. The van der Waals surface area contributed by atoms with Crippen molar-refractivity contribution in [3.8, 4) is 5.88 Å². The van der Waals surface area contributed by atoms with Crippen molar-refractivity contribution >= 4 is 39.6 Å². The number of rotatable bonds is 3. The van der Waals surface area contributed by atoms with Gasteiger partial charge in [-0.3, -0.25) is 10.1 Å². The van der Waals surface area contributed by atoms with Gasteiger partial charge in [-0.05, 0) is 30.7 Å². The summed E-state index contributed by atoms with van der Waals surface area (Å²) in [5, 5.41) is 30.0. The summed E-state index contributed by atoms with van der Waals surface area (Å²) < 4.78 is 0. The zero-order valence-electron chi connectivity index (χ0n) is 11.9. The van der Waals surface area contributed by atoms with E-state index in [1.54, 1.807) is 24.3 Å². The minimum absolute atomic E-state index is 0.102. The Morgan fingerprint density at radius 2 is 2.00 bits per heavy atom. The number of nitrogens with zero attached hydrogens (tertiary/aromatic N) is 3. The molecule has 7 nitrogen and oxygen atoms in total. The molecule has 0 aliphatic carbocycles. The van der Waals surface area contributed by atoms with Gasteiger partial charge in [0.1, 0.15) is 0 Å². The first kappa shape index (κ1) is 15.0. The molecule has 8 heteroatoms. The van der Waals surface area contributed by atoms with E-state index in [9.17, 15) is 15.2 Å². The van der Waals surface area contributed by atoms with E-state index in [1.807, 2.05) is 6.92 Å². The summed E-state index contributed by atoms with van der Waals surface area (Å²) in [6, 6.07) is 9.38. The largest absolute Gasteiger partial charge is 0.493 e. The topological polar surface area (TPSA) is 104 Å². The van der Waals surface area contributed by atoms with Crippen LogP contribution in [0.15, 0.2) is 46.6 Å². The first-order chi connectivity index (χ1) is 11.0. The molecule has 0 spiro atoms. The molecule has 3 rings (SSSR count). The average Bonchev–Trinajstić information content (AvgIpc) is 2.81. The van der Waals surface area contributed by atoms with Crippen LogP contribution in [0.3, 0.4) is 0 Å². The third-order valence-corrected chi connectivity index (χ3v) is 3.58. The molecule has 0 radical (unpaired) electrons. The number of halogens is 1. The number of nitro groups is 1. The highest BCUT2D eigenvalue weighted by atomic mass is 35.5. The maximum absolute atomic E-state index is 11.0. The van der Waals surface area contributed by atoms with Crippen molar-refractivity contribution in [1.82, 2.24) is 4.98 Å². The molecule has 0 saturated heterocycles. The van der Waals surface area contributed by atoms with Crippen LogP contribution in [0.4, 0.5) is 17.1 Å². The van der Waals surface area contributed by atoms with Gasteiger partial charge < -0.3 is 10.1 Å². The number of aryl methyl sites for hydroxylation is 1. The quantitative estimate of drug-likeness (QED) is 0.393. The molecule has 0 saturated carbocycles. The number of nitrogens with one attached hydrogen (secondary N) is 1. The van der Waals surface area contributed by atoms with E-state index in [2.05, 4.69) is 15.2 Å². The van der Waals surface area contributed by atoms with Crippen LogP contribution in [0.2, 0.25) is 5.02 Å². The normalized spacial score (nSPS) is 11.4. The van der Waals surface area contributed by atoms with Crippen molar-refractivity contribution in [3.05, 3.63) is 57.1 Å². The number of hydrogen-bond donors (Lipinski definition) is 2. The van der Waals surface area contributed by atoms with Crippen molar-refractivity contribution in [1.29, 1.82) is 0 Å². The molecule has 0 bridgehead atoms. The molecule has 0 fully saturated rings. The second kappa shape index (κ2) is 5.69. The Bertz CT molecular complexity index is 949. The van der Waals surface area contributed by atoms with Crippen LogP contribution < -0.4 is 0 Å². The summed E-state index contributed by atoms with van der Waals surface area (Å²) >= 11 is 6.03. The van der Waals surface area contributed by atoms with Gasteiger partial charge in [-0.1, -0.05) is 23.7 Å². The van der Waals surface area contributed by atoms with Crippen molar-refractivity contribution in [2.45, 2.75) is 6.92 Å². The lowest BCUT2D eigenvalue weighted by Gasteiger charge is -1.98. The summed E-state index contributed by atoms with van der Waals surface area (Å²) in [6.07, 6.45) is 0. The van der Waals surface area contributed by atoms with Crippen molar-refractivity contribution in [2.75, 3.05) is 0 Å². The van der Waals surface area contributed by atoms with Gasteiger partial charge in [-0.25, -0.2) is 0 Å². The van der Waals surface area contributed by atoms with Crippen LogP contribution in [-0.2, 0) is 0 Å². The number of aromatic hydroxyl groups is 1. The molecule has 0 aliphatic heterocycles. The Balaban J connectivity index is 2.12. The molecule has 2 aromatic carbocycles. The van der Waals surface area contributed by atoms with Gasteiger partial charge >= 0.3 is 0 Å². The van der Waals surface area contributed by atoms with Gasteiger partial charge in [0.25, 0.3) is 5.69 Å². The minimum Gasteiger partial charge on any atom is -0.493 e. The molecule has 0 atom stereocenters. The number of fused-ring (bicyclic) bond motifs is 1. The predicted octanol–water partition coefficient (Wildman–Crippen LogP) is 5.16. The van der Waals surface area contributed by atoms with Crippen LogP contribution in [0.25, 0.3) is 10.9 Å². The smallest absolute Gasteiger partial charge is 0.296 e. The lowest BCUT2D eigenvalue weighted by molar-refractivity contribution is -0.384. The zero-order valence-corrected chi connectivity index (χ0v) is 12.7. The highest BCUT2D eigenvalue weighted by molar-refractivity contribution is 6.31. The standard InChI is InChI=1S/C15H11ClN4O3/c1-8-6-9(16)7-10-13(8)17-15(21)14(10)19-18-11-4-2-3-5-12(11)20(22)23/h2-7,17,21H,1H3. The summed E-state index contributed by atoms with van der Waals surface area (Å²) in [5.74, 6) is -0.173. The zero-order chi connectivity index (χ0) is 16.6. The second-order valence-corrected chi connectivity index (χ2v) is 5.35. The molecule has 0 amide bonds. The molecular formula is C15H11ClN4O3. The number of para-hydroxylation sites is 1. The molecule has 1 heterocycles. The fourth-order valence-corrected chi connectivity index (χ4v) is 2.58. The van der Waals surface area contributed by atoms with Crippen molar-refractivity contribution in [3.63, 3.8) is 0 Å². The summed E-state index contributed by atoms with van der Waals surface area (Å²) in [5.41, 5.74) is 1.65. The van der Waals surface area contributed by atoms with Gasteiger partial charge in [0.05, 0.1) is 10.4 Å². The maximum atomic E-state index is 11.0. The lowest BCUT2D eigenvalue weighted by atomic mass is 10.1. The molecule has 0 unspecified atom stereocenters. The van der Waals surface area contributed by atoms with Crippen LogP contribution in [0.1, 0.15) is 5.56 Å². The monoisotopic (exact) mass is 330 g/mol. The Hall–Kier alpha value is -2.93. The van der Waals surface area contributed by atoms with Gasteiger partial charge in [-0.15, -0.1) is 10.2 Å². The highest BCUT2D eigenvalue weighted by Gasteiger charge is 2.15. The van der Waals surface area contributed by atoms with Crippen LogP contribution in [0, 0.1) is 17.0 Å². The van der Waals surface area contributed by atoms with Crippen LogP contribution in [-0.4, -0.2) is 15.0 Å². The molecule has 2 N–H and O–H groups in total. The van der Waals surface area contributed by atoms with Gasteiger partial charge in [0.2, 0.25) is 5.88 Å². The Kier molecular flexibility index (Phi) is 3.71. The molecule has 0 aliphatic rings. The molecule has 3 aromatic rings. The maximum Gasteiger partial charge on any atom is 0.296 e. The van der Waals surface area contributed by atoms with Crippen LogP contribution in [0.5, 0.6) is 5.88 Å². The number of aromatic amines is 1. The fourth-order valence-electron chi connectivity index (χ4n) is 2.31. The van der Waals surface area contributed by atoms with Gasteiger partial charge in [-0.2, -0.15) is 0 Å². The van der Waals surface area contributed by atoms with E-state index in [0.29, 0.717) is 15.9 Å². The van der Waals surface area contributed by atoms with E-state index in [-0.39, 0.29) is 22.9 Å². The van der Waals surface area contributed by atoms with Gasteiger partial charge in [0, 0.05) is 16.5 Å². The third kappa shape index (κ3) is 2.74. The number of aromatic nitrogens is 1. The Morgan fingerprint density at radius 3 is 2.74 bits per heavy atom. The summed E-state index contributed by atoms with van der Waals surface area (Å²) in [6.45, 7) is 1.84. The van der Waals surface area contributed by atoms with E-state index in [0.717, 1.165) is 5.56 Å². The molecular weight excluding hydrogens is 320 g/mol. The average molecular weight is 331 g/mol. The highest BCUT2D eigenvalue weighted by Crippen LogP contribution is 2.39. The predicted molar refractivity (Wildman–Crippen MR) is 87.0 cm³/mol. The Labute approximate surface area is 135 Å². The molecule has 1 aromatic heterocycles. The number of H-pyrrole nitrogens is 1. The summed E-state index contributed by atoms with van der Waals surface area (Å²) in [4.78, 5) is 13.3. The van der Waals surface area contributed by atoms with E-state index in [4.69, 9.17) is 11.6 Å². The van der Waals surface area contributed by atoms with Crippen LogP contribution >= 0.6 is 11.6 Å². The minimum atomic E-state index is -0.537. The number of azo groups is 1. The van der Waals surface area contributed by atoms with E-state index in [1.165, 1.54) is 12.1 Å². The molecule has 116 valence electrons. The fraction of sp³-hybridized carbons (Fsp3) is 0.0667. The number of nitro benzene ring substituents is 1. The van der Waals surface area contributed by atoms with E-state index < -0.39 is 4.92 Å². The van der Waals surface area contributed by atoms with Crippen molar-refractivity contribution in [2.24, 2.45) is 10.2 Å². The first-order valence-electron chi connectivity index (χ1n) is 6.63.